The molecule has 5 heterocycles. The van der Waals surface area contributed by atoms with Gasteiger partial charge in [0.2, 0.25) is 0 Å². The average Bonchev–Trinajstić information content (AvgIpc) is 3.80. The van der Waals surface area contributed by atoms with E-state index >= 15 is 0 Å². The molecule has 11 heteroatoms. The third-order valence-corrected chi connectivity index (χ3v) is 8.69. The van der Waals surface area contributed by atoms with E-state index in [0.29, 0.717) is 31.0 Å². The van der Waals surface area contributed by atoms with E-state index in [2.05, 4.69) is 59.3 Å². The largest absolute Gasteiger partial charge is 0.491 e. The van der Waals surface area contributed by atoms with Gasteiger partial charge in [0, 0.05) is 66.5 Å². The van der Waals surface area contributed by atoms with Crippen LogP contribution in [0.15, 0.2) is 66.6 Å². The molecule has 0 radical (unpaired) electrons. The molecule has 4 aromatic heterocycles. The highest BCUT2D eigenvalue weighted by molar-refractivity contribution is 5.92. The molecule has 1 saturated heterocycles. The zero-order chi connectivity index (χ0) is 32.3. The summed E-state index contributed by atoms with van der Waals surface area (Å²) in [4.78, 5) is 22.2. The predicted molar refractivity (Wildman–Crippen MR) is 184 cm³/mol. The summed E-state index contributed by atoms with van der Waals surface area (Å²) in [5.74, 6) is 1.08. The van der Waals surface area contributed by atoms with Crippen LogP contribution in [-0.4, -0.2) is 93.4 Å². The number of hydrogen-bond acceptors (Lipinski definition) is 8. The predicted octanol–water partition coefficient (Wildman–Crippen LogP) is 5.93. The van der Waals surface area contributed by atoms with Crippen LogP contribution in [0.1, 0.15) is 36.7 Å². The summed E-state index contributed by atoms with van der Waals surface area (Å²) in [5, 5.41) is 11.8. The molecule has 7 rings (SSSR count). The maximum Gasteiger partial charge on any atom is 0.181 e. The van der Waals surface area contributed by atoms with Gasteiger partial charge in [-0.2, -0.15) is 5.10 Å². The van der Waals surface area contributed by atoms with E-state index in [1.54, 1.807) is 18.5 Å². The topological polar surface area (TPSA) is 111 Å². The quantitative estimate of drug-likeness (QED) is 0.164. The van der Waals surface area contributed by atoms with E-state index in [0.717, 1.165) is 82.3 Å². The second-order valence-electron chi connectivity index (χ2n) is 12.6. The van der Waals surface area contributed by atoms with E-state index in [4.69, 9.17) is 9.72 Å². The van der Waals surface area contributed by atoms with Crippen molar-refractivity contribution in [3.8, 4) is 28.4 Å². The van der Waals surface area contributed by atoms with E-state index < -0.39 is 0 Å². The van der Waals surface area contributed by atoms with Gasteiger partial charge >= 0.3 is 0 Å². The van der Waals surface area contributed by atoms with Gasteiger partial charge in [-0.15, -0.1) is 0 Å². The van der Waals surface area contributed by atoms with E-state index in [1.807, 2.05) is 38.5 Å². The molecule has 3 N–H and O–H groups in total. The third-order valence-electron chi connectivity index (χ3n) is 8.69. The van der Waals surface area contributed by atoms with Gasteiger partial charge in [0.25, 0.3) is 0 Å². The second-order valence-corrected chi connectivity index (χ2v) is 12.6. The van der Waals surface area contributed by atoms with Crippen molar-refractivity contribution in [3.63, 3.8) is 0 Å². The number of rotatable bonds is 11. The van der Waals surface area contributed by atoms with Crippen LogP contribution in [0, 0.1) is 5.82 Å². The lowest BCUT2D eigenvalue weighted by Crippen LogP contribution is -2.25. The molecule has 1 aliphatic carbocycles. The maximum atomic E-state index is 14.9. The summed E-state index contributed by atoms with van der Waals surface area (Å²) < 4.78 is 21.0. The number of nitrogens with zero attached hydrogens (tertiary/aromatic N) is 6. The molecule has 1 aliphatic heterocycles. The molecular formula is C36H40FN9O. The third kappa shape index (κ3) is 6.96. The van der Waals surface area contributed by atoms with Crippen LogP contribution < -0.4 is 10.1 Å². The Kier molecular flexibility index (Phi) is 8.82. The molecule has 1 aromatic carbocycles. The monoisotopic (exact) mass is 633 g/mol. The Morgan fingerprint density at radius 1 is 1.00 bits per heavy atom. The van der Waals surface area contributed by atoms with Crippen LogP contribution in [0.3, 0.4) is 0 Å². The molecule has 1 fully saturated rings. The first-order chi connectivity index (χ1) is 22.9. The van der Waals surface area contributed by atoms with Crippen LogP contribution in [0.2, 0.25) is 0 Å². The molecule has 2 aliphatic rings. The van der Waals surface area contributed by atoms with Crippen molar-refractivity contribution in [2.24, 2.45) is 0 Å². The van der Waals surface area contributed by atoms with Gasteiger partial charge in [-0.1, -0.05) is 17.7 Å². The smallest absolute Gasteiger partial charge is 0.181 e. The van der Waals surface area contributed by atoms with Crippen molar-refractivity contribution in [2.75, 3.05) is 58.7 Å². The normalized spacial score (nSPS) is 15.1. The molecular weight excluding hydrogens is 593 g/mol. The number of pyridine rings is 2. The number of likely N-dealkylation sites (tertiary alicyclic amines) is 1. The maximum absolute atomic E-state index is 14.9. The number of halogens is 1. The molecule has 0 spiro atoms. The zero-order valence-electron chi connectivity index (χ0n) is 27.1. The number of hydrogen-bond donors (Lipinski definition) is 3. The molecule has 0 amide bonds. The Labute approximate surface area is 273 Å². The number of anilines is 1. The number of imidazole rings is 1. The Bertz CT molecular complexity index is 1950. The van der Waals surface area contributed by atoms with Gasteiger partial charge in [0.05, 0.1) is 17.3 Å². The first-order valence-electron chi connectivity index (χ1n) is 16.2. The van der Waals surface area contributed by atoms with Crippen molar-refractivity contribution >= 4 is 22.3 Å². The highest BCUT2D eigenvalue weighted by atomic mass is 19.1. The van der Waals surface area contributed by atoms with Crippen LogP contribution in [0.25, 0.3) is 39.3 Å². The molecule has 0 unspecified atom stereocenters. The fourth-order valence-corrected chi connectivity index (χ4v) is 6.22. The fourth-order valence-electron chi connectivity index (χ4n) is 6.22. The number of aromatic amines is 2. The minimum atomic E-state index is -0.299. The minimum Gasteiger partial charge on any atom is -0.491 e. The molecule has 0 atom stereocenters. The standard InChI is InChI=1S/C36H40FN9O/c1-23-6-7-30(24-15-27(37)19-28(16-24)39-8-11-45(2)3)33-32(14-23)41-36(42-33)34-31-18-26(21-40-35(31)44-43-34)25-17-29(22-38-20-25)47-13-12-46-9-4-5-10-46/h6-7,15-22,39H,4-5,8-14H2,1-3H3,(H,41,42)(H,40,43,44). The van der Waals surface area contributed by atoms with Crippen LogP contribution in [0.5, 0.6) is 5.75 Å². The van der Waals surface area contributed by atoms with E-state index in [-0.39, 0.29) is 5.82 Å². The Morgan fingerprint density at radius 3 is 2.70 bits per heavy atom. The first kappa shape index (κ1) is 30.8. The Balaban J connectivity index is 1.18. The molecule has 47 heavy (non-hydrogen) atoms. The zero-order valence-corrected chi connectivity index (χ0v) is 27.1. The minimum absolute atomic E-state index is 0.299. The summed E-state index contributed by atoms with van der Waals surface area (Å²) in [6, 6.07) is 9.14. The lowest BCUT2D eigenvalue weighted by atomic mass is 10.0. The number of ether oxygens (including phenoxy) is 1. The van der Waals surface area contributed by atoms with Crippen molar-refractivity contribution < 1.29 is 9.13 Å². The summed E-state index contributed by atoms with van der Waals surface area (Å²) in [6.45, 7) is 7.48. The van der Waals surface area contributed by atoms with Gasteiger partial charge in [-0.25, -0.2) is 14.4 Å². The number of nitrogens with one attached hydrogen (secondary N) is 3. The Morgan fingerprint density at radius 2 is 1.85 bits per heavy atom. The number of fused-ring (bicyclic) bond motifs is 2. The van der Waals surface area contributed by atoms with Gasteiger partial charge in [0.15, 0.2) is 11.5 Å². The van der Waals surface area contributed by atoms with Gasteiger partial charge < -0.3 is 19.9 Å². The molecule has 10 nitrogen and oxygen atoms in total. The van der Waals surface area contributed by atoms with Crippen LogP contribution in [-0.2, 0) is 6.42 Å². The summed E-state index contributed by atoms with van der Waals surface area (Å²) in [5.41, 5.74) is 8.40. The van der Waals surface area contributed by atoms with E-state index in [1.165, 1.54) is 24.5 Å². The summed E-state index contributed by atoms with van der Waals surface area (Å²) in [6.07, 6.45) is 12.7. The first-order valence-corrected chi connectivity index (χ1v) is 16.2. The highest BCUT2D eigenvalue weighted by Gasteiger charge is 2.22. The lowest BCUT2D eigenvalue weighted by Gasteiger charge is -2.15. The van der Waals surface area contributed by atoms with Crippen LogP contribution in [0.4, 0.5) is 10.1 Å². The number of likely N-dealkylation sites (N-methyl/N-ethyl adjacent to an activating group) is 1. The number of H-pyrrole nitrogens is 2. The SMILES string of the molecule is CC1=CC=C(c2cc(F)cc(NCCN(C)C)c2)c2nc(-c3[nH]nc4ncc(-c5cncc(OCCN6CCCC6)c5)cc34)[nH]c2C1. The average molecular weight is 634 g/mol. The number of benzene rings is 1. The van der Waals surface area contributed by atoms with Gasteiger partial charge in [-0.3, -0.25) is 15.0 Å². The molecule has 242 valence electrons. The van der Waals surface area contributed by atoms with Crippen molar-refractivity contribution in [3.05, 3.63) is 89.4 Å². The lowest BCUT2D eigenvalue weighted by molar-refractivity contribution is 0.237. The second kappa shape index (κ2) is 13.5. The van der Waals surface area contributed by atoms with Gasteiger partial charge in [0.1, 0.15) is 23.9 Å². The van der Waals surface area contributed by atoms with Crippen molar-refractivity contribution in [1.82, 2.24) is 39.9 Å². The highest BCUT2D eigenvalue weighted by Crippen LogP contribution is 2.35. The number of aromatic nitrogens is 6. The molecule has 5 aromatic rings. The Hall–Kier alpha value is -4.87. The van der Waals surface area contributed by atoms with Crippen molar-refractivity contribution in [1.29, 1.82) is 0 Å². The molecule has 0 saturated carbocycles. The summed E-state index contributed by atoms with van der Waals surface area (Å²) >= 11 is 0. The van der Waals surface area contributed by atoms with Crippen LogP contribution >= 0.6 is 0 Å². The molecule has 0 bridgehead atoms. The van der Waals surface area contributed by atoms with Crippen molar-refractivity contribution in [2.45, 2.75) is 26.2 Å². The summed E-state index contributed by atoms with van der Waals surface area (Å²) in [7, 11) is 4.03. The fraction of sp³-hybridized carbons (Fsp3) is 0.333. The van der Waals surface area contributed by atoms with E-state index in [9.17, 15) is 4.39 Å². The number of allylic oxidation sites excluding steroid dienone is 3. The van der Waals surface area contributed by atoms with Gasteiger partial charge in [-0.05, 0) is 82.8 Å².